The average molecular weight is 417 g/mol. The van der Waals surface area contributed by atoms with E-state index in [1.807, 2.05) is 0 Å². The predicted molar refractivity (Wildman–Crippen MR) is 101 cm³/mol. The lowest BCUT2D eigenvalue weighted by Crippen LogP contribution is -2.46. The largest absolute Gasteiger partial charge is 0.452 e. The number of esters is 1. The van der Waals surface area contributed by atoms with Crippen LogP contribution in [0.5, 0.6) is 0 Å². The second-order valence-electron chi connectivity index (χ2n) is 6.33. The molecule has 0 aliphatic carbocycles. The molecule has 1 aromatic rings. The first kappa shape index (κ1) is 21.4. The number of thiophene rings is 1. The summed E-state index contributed by atoms with van der Waals surface area (Å²) in [6.07, 6.45) is -0.664. The van der Waals surface area contributed by atoms with Crippen molar-refractivity contribution in [2.45, 2.75) is 38.8 Å². The van der Waals surface area contributed by atoms with E-state index in [0.717, 1.165) is 0 Å². The minimum absolute atomic E-state index is 0.0537. The van der Waals surface area contributed by atoms with Crippen LogP contribution in [0.15, 0.2) is 16.8 Å². The summed E-state index contributed by atoms with van der Waals surface area (Å²) < 4.78 is 28.4. The SMILES string of the molecule is CCN(C(=O)C(C)OC(=O)CCNC(=O)c1ccsc1)C1CCS(=O)(=O)C1. The van der Waals surface area contributed by atoms with Crippen molar-refractivity contribution < 1.29 is 27.5 Å². The van der Waals surface area contributed by atoms with E-state index in [9.17, 15) is 22.8 Å². The lowest BCUT2D eigenvalue weighted by atomic mass is 10.2. The third-order valence-electron chi connectivity index (χ3n) is 4.33. The molecule has 1 aliphatic rings. The van der Waals surface area contributed by atoms with Crippen molar-refractivity contribution in [2.75, 3.05) is 24.6 Å². The number of carbonyl (C=O) groups is 3. The van der Waals surface area contributed by atoms with Crippen molar-refractivity contribution in [2.24, 2.45) is 0 Å². The predicted octanol–water partition coefficient (Wildman–Crippen LogP) is 0.835. The Bertz CT molecular complexity index is 775. The lowest BCUT2D eigenvalue weighted by molar-refractivity contribution is -0.159. The van der Waals surface area contributed by atoms with Gasteiger partial charge in [0.1, 0.15) is 0 Å². The van der Waals surface area contributed by atoms with Gasteiger partial charge >= 0.3 is 5.97 Å². The molecule has 150 valence electrons. The molecule has 0 spiro atoms. The fourth-order valence-corrected chi connectivity index (χ4v) is 5.30. The van der Waals surface area contributed by atoms with Gasteiger partial charge in [-0.25, -0.2) is 8.42 Å². The van der Waals surface area contributed by atoms with Gasteiger partial charge in [-0.3, -0.25) is 14.4 Å². The Morgan fingerprint density at radius 3 is 2.70 bits per heavy atom. The normalized spacial score (nSPS) is 19.3. The van der Waals surface area contributed by atoms with Gasteiger partial charge in [0.05, 0.1) is 17.9 Å². The molecule has 1 N–H and O–H groups in total. The summed E-state index contributed by atoms with van der Waals surface area (Å²) in [5.41, 5.74) is 0.530. The Hall–Kier alpha value is -1.94. The van der Waals surface area contributed by atoms with E-state index >= 15 is 0 Å². The zero-order chi connectivity index (χ0) is 20.0. The van der Waals surface area contributed by atoms with Crippen LogP contribution in [0.25, 0.3) is 0 Å². The van der Waals surface area contributed by atoms with E-state index in [4.69, 9.17) is 4.74 Å². The second kappa shape index (κ2) is 9.32. The van der Waals surface area contributed by atoms with E-state index in [2.05, 4.69) is 5.32 Å². The molecule has 2 heterocycles. The van der Waals surface area contributed by atoms with Crippen LogP contribution in [0.2, 0.25) is 0 Å². The molecule has 1 saturated heterocycles. The quantitative estimate of drug-likeness (QED) is 0.629. The van der Waals surface area contributed by atoms with Gasteiger partial charge < -0.3 is 15.0 Å². The monoisotopic (exact) mass is 416 g/mol. The maximum Gasteiger partial charge on any atom is 0.308 e. The molecule has 0 radical (unpaired) electrons. The molecular formula is C17H24N2O6S2. The Morgan fingerprint density at radius 2 is 2.15 bits per heavy atom. The Morgan fingerprint density at radius 1 is 1.41 bits per heavy atom. The van der Waals surface area contributed by atoms with Gasteiger partial charge in [0.15, 0.2) is 15.9 Å². The molecule has 2 amide bonds. The summed E-state index contributed by atoms with van der Waals surface area (Å²) in [7, 11) is -3.11. The third-order valence-corrected chi connectivity index (χ3v) is 6.76. The highest BCUT2D eigenvalue weighted by Gasteiger charge is 2.36. The van der Waals surface area contributed by atoms with Gasteiger partial charge in [0, 0.05) is 30.1 Å². The molecular weight excluding hydrogens is 392 g/mol. The van der Waals surface area contributed by atoms with Gasteiger partial charge in [-0.2, -0.15) is 11.3 Å². The first-order valence-electron chi connectivity index (χ1n) is 8.74. The number of nitrogens with zero attached hydrogens (tertiary/aromatic N) is 1. The number of rotatable bonds is 8. The van der Waals surface area contributed by atoms with Gasteiger partial charge in [-0.05, 0) is 31.7 Å². The number of amides is 2. The topological polar surface area (TPSA) is 110 Å². The molecule has 0 bridgehead atoms. The first-order chi connectivity index (χ1) is 12.7. The van der Waals surface area contributed by atoms with Crippen molar-refractivity contribution >= 4 is 39.0 Å². The highest BCUT2D eigenvalue weighted by atomic mass is 32.2. The van der Waals surface area contributed by atoms with Crippen LogP contribution in [-0.4, -0.2) is 67.8 Å². The average Bonchev–Trinajstić information content (AvgIpc) is 3.25. The molecule has 27 heavy (non-hydrogen) atoms. The fourth-order valence-electron chi connectivity index (χ4n) is 2.93. The van der Waals surface area contributed by atoms with Crippen LogP contribution in [0.4, 0.5) is 0 Å². The zero-order valence-electron chi connectivity index (χ0n) is 15.3. The molecule has 0 aromatic carbocycles. The molecule has 2 rings (SSSR count). The molecule has 1 aliphatic heterocycles. The number of ether oxygens (including phenoxy) is 1. The molecule has 2 atom stereocenters. The summed E-state index contributed by atoms with van der Waals surface area (Å²) in [5.74, 6) is -1.26. The van der Waals surface area contributed by atoms with Crippen LogP contribution in [0.3, 0.4) is 0 Å². The van der Waals surface area contributed by atoms with Crippen molar-refractivity contribution in [1.29, 1.82) is 0 Å². The van der Waals surface area contributed by atoms with Gasteiger partial charge in [-0.15, -0.1) is 0 Å². The first-order valence-corrected chi connectivity index (χ1v) is 11.5. The number of nitrogens with one attached hydrogen (secondary N) is 1. The summed E-state index contributed by atoms with van der Waals surface area (Å²) in [6, 6.07) is 1.31. The molecule has 1 aromatic heterocycles. The molecule has 0 saturated carbocycles. The van der Waals surface area contributed by atoms with E-state index < -0.39 is 27.8 Å². The van der Waals surface area contributed by atoms with Crippen LogP contribution >= 0.6 is 11.3 Å². The Labute approximate surface area is 162 Å². The standard InChI is InChI=1S/C17H24N2O6S2/c1-3-19(14-6-9-27(23,24)11-14)17(22)12(2)25-15(20)4-7-18-16(21)13-5-8-26-10-13/h5,8,10,12,14H,3-4,6-7,9,11H2,1-2H3,(H,18,21). The number of likely N-dealkylation sites (N-methyl/N-ethyl adjacent to an activating group) is 1. The summed E-state index contributed by atoms with van der Waals surface area (Å²) >= 11 is 1.40. The van der Waals surface area contributed by atoms with Crippen LogP contribution in [0, 0.1) is 0 Å². The molecule has 2 unspecified atom stereocenters. The minimum atomic E-state index is -3.11. The van der Waals surface area contributed by atoms with Crippen molar-refractivity contribution in [3.05, 3.63) is 22.4 Å². The molecule has 10 heteroatoms. The Balaban J connectivity index is 1.78. The molecule has 1 fully saturated rings. The van der Waals surface area contributed by atoms with Gasteiger partial charge in [-0.1, -0.05) is 0 Å². The highest BCUT2D eigenvalue weighted by Crippen LogP contribution is 2.19. The van der Waals surface area contributed by atoms with Crippen molar-refractivity contribution in [1.82, 2.24) is 10.2 Å². The van der Waals surface area contributed by atoms with Crippen molar-refractivity contribution in [3.8, 4) is 0 Å². The van der Waals surface area contributed by atoms with E-state index in [-0.39, 0.29) is 36.4 Å². The summed E-state index contributed by atoms with van der Waals surface area (Å²) in [4.78, 5) is 37.7. The highest BCUT2D eigenvalue weighted by molar-refractivity contribution is 7.91. The molecule has 8 nitrogen and oxygen atoms in total. The maximum atomic E-state index is 12.5. The van der Waals surface area contributed by atoms with E-state index in [1.54, 1.807) is 23.8 Å². The third kappa shape index (κ3) is 6.03. The van der Waals surface area contributed by atoms with Crippen LogP contribution in [0.1, 0.15) is 37.0 Å². The van der Waals surface area contributed by atoms with E-state index in [1.165, 1.54) is 23.2 Å². The number of hydrogen-bond donors (Lipinski definition) is 1. The lowest BCUT2D eigenvalue weighted by Gasteiger charge is -2.29. The zero-order valence-corrected chi connectivity index (χ0v) is 17.0. The van der Waals surface area contributed by atoms with E-state index in [0.29, 0.717) is 18.5 Å². The van der Waals surface area contributed by atoms with Crippen LogP contribution in [-0.2, 0) is 24.2 Å². The van der Waals surface area contributed by atoms with Crippen LogP contribution < -0.4 is 5.32 Å². The number of hydrogen-bond acceptors (Lipinski definition) is 7. The van der Waals surface area contributed by atoms with Crippen molar-refractivity contribution in [3.63, 3.8) is 0 Å². The Kier molecular flexibility index (Phi) is 7.37. The fraction of sp³-hybridized carbons (Fsp3) is 0.588. The summed E-state index contributed by atoms with van der Waals surface area (Å²) in [6.45, 7) is 3.68. The smallest absolute Gasteiger partial charge is 0.308 e. The number of carbonyl (C=O) groups excluding carboxylic acids is 3. The number of sulfone groups is 1. The van der Waals surface area contributed by atoms with Gasteiger partial charge in [0.2, 0.25) is 0 Å². The summed E-state index contributed by atoms with van der Waals surface area (Å²) in [5, 5.41) is 6.10. The van der Waals surface area contributed by atoms with Gasteiger partial charge in [0.25, 0.3) is 11.8 Å². The minimum Gasteiger partial charge on any atom is -0.452 e. The second-order valence-corrected chi connectivity index (χ2v) is 9.34. The maximum absolute atomic E-state index is 12.5.